The number of aryl methyl sites for hydroxylation is 3. The van der Waals surface area contributed by atoms with E-state index in [-0.39, 0.29) is 11.3 Å². The van der Waals surface area contributed by atoms with E-state index in [0.717, 1.165) is 22.3 Å². The summed E-state index contributed by atoms with van der Waals surface area (Å²) in [5, 5.41) is 11.4. The van der Waals surface area contributed by atoms with Gasteiger partial charge in [0.1, 0.15) is 11.5 Å². The van der Waals surface area contributed by atoms with Crippen molar-refractivity contribution in [1.82, 2.24) is 0 Å². The maximum absolute atomic E-state index is 13.3. The van der Waals surface area contributed by atoms with Gasteiger partial charge in [0.05, 0.1) is 18.2 Å². The van der Waals surface area contributed by atoms with E-state index in [9.17, 15) is 14.7 Å². The fourth-order valence-electron chi connectivity index (χ4n) is 4.28. The lowest BCUT2D eigenvalue weighted by Crippen LogP contribution is -2.29. The molecule has 1 fully saturated rings. The molecule has 168 valence electrons. The van der Waals surface area contributed by atoms with Crippen molar-refractivity contribution in [3.63, 3.8) is 0 Å². The van der Waals surface area contributed by atoms with Gasteiger partial charge in [-0.3, -0.25) is 14.5 Å². The van der Waals surface area contributed by atoms with Gasteiger partial charge in [0.2, 0.25) is 0 Å². The van der Waals surface area contributed by atoms with Crippen molar-refractivity contribution >= 4 is 23.1 Å². The minimum Gasteiger partial charge on any atom is -0.507 e. The number of ether oxygens (including phenoxy) is 1. The van der Waals surface area contributed by atoms with Crippen molar-refractivity contribution in [2.75, 3.05) is 11.5 Å². The summed E-state index contributed by atoms with van der Waals surface area (Å²) in [6, 6.07) is 19.7. The fraction of sp³-hybridized carbons (Fsp3) is 0.214. The first-order valence-electron chi connectivity index (χ1n) is 11.0. The lowest BCUT2D eigenvalue weighted by Gasteiger charge is -2.26. The molecule has 1 unspecified atom stereocenters. The Morgan fingerprint density at radius 2 is 1.67 bits per heavy atom. The van der Waals surface area contributed by atoms with E-state index in [2.05, 4.69) is 0 Å². The Hall–Kier alpha value is -3.86. The van der Waals surface area contributed by atoms with Crippen LogP contribution in [-0.4, -0.2) is 23.4 Å². The molecule has 1 heterocycles. The second-order valence-corrected chi connectivity index (χ2v) is 8.33. The van der Waals surface area contributed by atoms with E-state index < -0.39 is 17.7 Å². The summed E-state index contributed by atoms with van der Waals surface area (Å²) in [6.07, 6.45) is 0. The number of hydrogen-bond donors (Lipinski definition) is 1. The van der Waals surface area contributed by atoms with Crippen LogP contribution in [0.25, 0.3) is 5.76 Å². The Morgan fingerprint density at radius 1 is 0.939 bits per heavy atom. The predicted octanol–water partition coefficient (Wildman–Crippen LogP) is 5.64. The largest absolute Gasteiger partial charge is 0.507 e. The molecule has 1 amide bonds. The monoisotopic (exact) mass is 441 g/mol. The van der Waals surface area contributed by atoms with Crippen LogP contribution in [-0.2, 0) is 9.59 Å². The van der Waals surface area contributed by atoms with Crippen LogP contribution >= 0.6 is 0 Å². The van der Waals surface area contributed by atoms with Gasteiger partial charge in [-0.15, -0.1) is 0 Å². The SMILES string of the molecule is CCOc1cccc(N2C(=O)C(=O)/C(=C(/O)c3cc(C)ccc3C)C2c2cccc(C)c2)c1. The zero-order valence-electron chi connectivity index (χ0n) is 19.3. The van der Waals surface area contributed by atoms with E-state index in [1.807, 2.05) is 70.2 Å². The minimum absolute atomic E-state index is 0.0844. The Balaban J connectivity index is 1.97. The molecule has 0 aliphatic carbocycles. The highest BCUT2D eigenvalue weighted by Gasteiger charge is 2.47. The van der Waals surface area contributed by atoms with Crippen molar-refractivity contribution in [3.8, 4) is 5.75 Å². The topological polar surface area (TPSA) is 66.8 Å². The maximum atomic E-state index is 13.3. The van der Waals surface area contributed by atoms with Gasteiger partial charge < -0.3 is 9.84 Å². The minimum atomic E-state index is -0.762. The standard InChI is InChI=1S/C28H27NO4/c1-5-33-22-11-7-10-21(16-22)29-25(20-9-6-8-17(2)14-20)24(27(31)28(29)32)26(30)23-15-18(3)12-13-19(23)4/h6-16,25,30H,5H2,1-4H3/b26-24+. The third-order valence-electron chi connectivity index (χ3n) is 5.86. The molecule has 0 saturated carbocycles. The molecule has 4 rings (SSSR count). The first kappa shape index (κ1) is 22.3. The Labute approximate surface area is 193 Å². The average Bonchev–Trinajstić information content (AvgIpc) is 3.06. The number of carbonyl (C=O) groups excluding carboxylic acids is 2. The third-order valence-corrected chi connectivity index (χ3v) is 5.86. The smallest absolute Gasteiger partial charge is 0.300 e. The molecule has 33 heavy (non-hydrogen) atoms. The normalized spacial score (nSPS) is 17.5. The summed E-state index contributed by atoms with van der Waals surface area (Å²) in [5.74, 6) is -0.942. The van der Waals surface area contributed by atoms with Crippen molar-refractivity contribution in [2.24, 2.45) is 0 Å². The van der Waals surface area contributed by atoms with Gasteiger partial charge >= 0.3 is 0 Å². The van der Waals surface area contributed by atoms with Crippen LogP contribution in [0.1, 0.15) is 40.8 Å². The highest BCUT2D eigenvalue weighted by Crippen LogP contribution is 2.43. The van der Waals surface area contributed by atoms with Crippen molar-refractivity contribution < 1.29 is 19.4 Å². The highest BCUT2D eigenvalue weighted by atomic mass is 16.5. The quantitative estimate of drug-likeness (QED) is 0.316. The summed E-state index contributed by atoms with van der Waals surface area (Å²) < 4.78 is 5.62. The summed E-state index contributed by atoms with van der Waals surface area (Å²) in [6.45, 7) is 8.12. The van der Waals surface area contributed by atoms with Gasteiger partial charge in [-0.05, 0) is 57.0 Å². The van der Waals surface area contributed by atoms with Gasteiger partial charge in [-0.1, -0.05) is 53.6 Å². The molecule has 5 nitrogen and oxygen atoms in total. The molecule has 0 aromatic heterocycles. The summed E-state index contributed by atoms with van der Waals surface area (Å²) in [4.78, 5) is 28.1. The number of Topliss-reactive ketones (excluding diaryl/α,β-unsaturated/α-hetero) is 1. The van der Waals surface area contributed by atoms with Gasteiger partial charge in [-0.25, -0.2) is 0 Å². The number of benzene rings is 3. The lowest BCUT2D eigenvalue weighted by molar-refractivity contribution is -0.132. The maximum Gasteiger partial charge on any atom is 0.300 e. The number of aliphatic hydroxyl groups excluding tert-OH is 1. The average molecular weight is 442 g/mol. The lowest BCUT2D eigenvalue weighted by atomic mass is 9.92. The number of aliphatic hydroxyl groups is 1. The van der Waals surface area contributed by atoms with Crippen molar-refractivity contribution in [2.45, 2.75) is 33.7 Å². The summed E-state index contributed by atoms with van der Waals surface area (Å²) in [5.41, 5.74) is 4.69. The van der Waals surface area contributed by atoms with E-state index in [4.69, 9.17) is 4.74 Å². The van der Waals surface area contributed by atoms with Crippen LogP contribution in [0.2, 0.25) is 0 Å². The summed E-state index contributed by atoms with van der Waals surface area (Å²) >= 11 is 0. The number of rotatable bonds is 5. The second-order valence-electron chi connectivity index (χ2n) is 8.33. The van der Waals surface area contributed by atoms with Crippen LogP contribution in [0.5, 0.6) is 5.75 Å². The van der Waals surface area contributed by atoms with Crippen molar-refractivity contribution in [1.29, 1.82) is 0 Å². The Bertz CT molecular complexity index is 1270. The predicted molar refractivity (Wildman–Crippen MR) is 129 cm³/mol. The number of hydrogen-bond acceptors (Lipinski definition) is 4. The van der Waals surface area contributed by atoms with Gasteiger partial charge in [0.15, 0.2) is 0 Å². The van der Waals surface area contributed by atoms with Crippen LogP contribution in [0.4, 0.5) is 5.69 Å². The van der Waals surface area contributed by atoms with Crippen LogP contribution < -0.4 is 9.64 Å². The van der Waals surface area contributed by atoms with Crippen LogP contribution in [0.15, 0.2) is 72.3 Å². The molecule has 0 bridgehead atoms. The molecule has 0 spiro atoms. The van der Waals surface area contributed by atoms with E-state index in [1.165, 1.54) is 4.90 Å². The molecule has 1 N–H and O–H groups in total. The third kappa shape index (κ3) is 4.14. The van der Waals surface area contributed by atoms with Gasteiger partial charge in [0.25, 0.3) is 11.7 Å². The van der Waals surface area contributed by atoms with Crippen LogP contribution in [0.3, 0.4) is 0 Å². The number of carbonyl (C=O) groups is 2. The molecule has 1 aliphatic heterocycles. The second kappa shape index (κ2) is 8.94. The fourth-order valence-corrected chi connectivity index (χ4v) is 4.28. The van der Waals surface area contributed by atoms with Crippen molar-refractivity contribution in [3.05, 3.63) is 100 Å². The van der Waals surface area contributed by atoms with E-state index >= 15 is 0 Å². The molecule has 3 aromatic carbocycles. The van der Waals surface area contributed by atoms with Gasteiger partial charge in [-0.2, -0.15) is 0 Å². The first-order valence-corrected chi connectivity index (χ1v) is 11.0. The number of ketones is 1. The molecular weight excluding hydrogens is 414 g/mol. The van der Waals surface area contributed by atoms with E-state index in [0.29, 0.717) is 23.6 Å². The molecule has 1 atom stereocenters. The molecule has 0 radical (unpaired) electrons. The Morgan fingerprint density at radius 3 is 2.39 bits per heavy atom. The Kier molecular flexibility index (Phi) is 6.05. The van der Waals surface area contributed by atoms with Gasteiger partial charge in [0, 0.05) is 17.3 Å². The zero-order valence-corrected chi connectivity index (χ0v) is 19.3. The van der Waals surface area contributed by atoms with E-state index in [1.54, 1.807) is 24.3 Å². The zero-order chi connectivity index (χ0) is 23.7. The number of anilines is 1. The molecule has 1 aliphatic rings. The molecule has 1 saturated heterocycles. The molecular formula is C28H27NO4. The van der Waals surface area contributed by atoms with Crippen LogP contribution in [0, 0.1) is 20.8 Å². The first-order chi connectivity index (χ1) is 15.8. The molecule has 5 heteroatoms. The number of nitrogens with zero attached hydrogens (tertiary/aromatic N) is 1. The highest BCUT2D eigenvalue weighted by molar-refractivity contribution is 6.51. The molecule has 3 aromatic rings. The number of amides is 1. The summed E-state index contributed by atoms with van der Waals surface area (Å²) in [7, 11) is 0.